The molecule has 0 aliphatic carbocycles. The summed E-state index contributed by atoms with van der Waals surface area (Å²) in [6, 6.07) is 28.0. The molecule has 0 aliphatic heterocycles. The Morgan fingerprint density at radius 3 is 1.34 bits per heavy atom. The Balaban J connectivity index is -0.000000556. The van der Waals surface area contributed by atoms with Crippen molar-refractivity contribution in [2.45, 2.75) is 27.7 Å². The van der Waals surface area contributed by atoms with E-state index < -0.39 is 19.3 Å². The van der Waals surface area contributed by atoms with Gasteiger partial charge in [0.05, 0.1) is 26.5 Å². The van der Waals surface area contributed by atoms with Gasteiger partial charge in [-0.05, 0) is 50.5 Å². The maximum atomic E-state index is 11.0. The Morgan fingerprint density at radius 2 is 1.06 bits per heavy atom. The Bertz CT molecular complexity index is 1450. The molecule has 0 heterocycles. The summed E-state index contributed by atoms with van der Waals surface area (Å²) in [7, 11) is -2.23. The number of carbonyl (C=O) groups is 6. The fourth-order valence-corrected chi connectivity index (χ4v) is 3.45. The Hall–Kier alpha value is -5.61. The number of benzene rings is 3. The minimum atomic E-state index is -2.23. The zero-order valence-electron chi connectivity index (χ0n) is 29.2. The third kappa shape index (κ3) is 36.9. The predicted molar refractivity (Wildman–Crippen MR) is 195 cm³/mol. The van der Waals surface area contributed by atoms with Gasteiger partial charge in [-0.3, -0.25) is 14.4 Å². The summed E-state index contributed by atoms with van der Waals surface area (Å²) in [6.45, 7) is 11.3. The molecule has 3 aromatic carbocycles. The number of carboxylic acid groups (broad SMARTS) is 2. The van der Waals surface area contributed by atoms with Crippen LogP contribution in [0.2, 0.25) is 0 Å². The van der Waals surface area contributed by atoms with Crippen LogP contribution in [-0.4, -0.2) is 79.7 Å². The molecule has 13 heteroatoms. The highest BCUT2D eigenvalue weighted by molar-refractivity contribution is 7.63. The topological polar surface area (TPSA) is 188 Å². The van der Waals surface area contributed by atoms with Gasteiger partial charge in [0.15, 0.2) is 0 Å². The fraction of sp³-hybridized carbons (Fsp3) is 0.243. The molecule has 3 rings (SSSR count). The summed E-state index contributed by atoms with van der Waals surface area (Å²) in [4.78, 5) is 59.8. The van der Waals surface area contributed by atoms with Gasteiger partial charge in [0.2, 0.25) is 0 Å². The lowest BCUT2D eigenvalue weighted by Crippen LogP contribution is -2.08. The Labute approximate surface area is 293 Å². The molecule has 0 radical (unpaired) electrons. The number of esters is 2. The molecule has 0 saturated carbocycles. The zero-order chi connectivity index (χ0) is 38.6. The molecular weight excluding hydrogens is 667 g/mol. The van der Waals surface area contributed by atoms with Gasteiger partial charge in [0, 0.05) is 17.7 Å². The molecule has 0 atom stereocenters. The summed E-state index contributed by atoms with van der Waals surface area (Å²) in [5, 5.41) is 15.7. The lowest BCUT2D eigenvalue weighted by atomic mass is 10.2. The first-order valence-electron chi connectivity index (χ1n) is 15.2. The number of hydrogen-bond donors (Lipinski definition) is 2. The van der Waals surface area contributed by atoms with E-state index in [0.29, 0.717) is 13.2 Å². The van der Waals surface area contributed by atoms with Crippen molar-refractivity contribution in [3.63, 3.8) is 0 Å². The molecule has 0 amide bonds. The van der Waals surface area contributed by atoms with Crippen LogP contribution in [0.3, 0.4) is 0 Å². The summed E-state index contributed by atoms with van der Waals surface area (Å²) >= 11 is 0. The quantitative estimate of drug-likeness (QED) is 0.0524. The Morgan fingerprint density at radius 1 is 0.660 bits per heavy atom. The molecule has 0 unspecified atom stereocenters. The van der Waals surface area contributed by atoms with Gasteiger partial charge >= 0.3 is 30.5 Å². The second-order valence-electron chi connectivity index (χ2n) is 9.12. The van der Waals surface area contributed by atoms with E-state index in [4.69, 9.17) is 24.5 Å². The number of carboxylic acids is 1. The van der Waals surface area contributed by atoms with Crippen molar-refractivity contribution >= 4 is 56.1 Å². The summed E-state index contributed by atoms with van der Waals surface area (Å²) in [6.07, 6.45) is 5.15. The molecule has 50 heavy (non-hydrogen) atoms. The van der Waals surface area contributed by atoms with E-state index in [2.05, 4.69) is 9.47 Å². The SMILES string of the molecule is CC.CCOC(=O)/C=C/c1ccccc1.CCOC(=O)CP(C)(C)=O.O=C(O)/C=C/c1ccccc1.O=COC(=O)O.O=Cc1ccccc1. The molecule has 272 valence electrons. The molecule has 0 saturated heterocycles. The van der Waals surface area contributed by atoms with Crippen LogP contribution in [0.4, 0.5) is 4.79 Å². The van der Waals surface area contributed by atoms with E-state index in [1.165, 1.54) is 6.08 Å². The first-order valence-corrected chi connectivity index (χ1v) is 18.0. The molecule has 12 nitrogen and oxygen atoms in total. The van der Waals surface area contributed by atoms with Crippen molar-refractivity contribution < 1.29 is 57.8 Å². The van der Waals surface area contributed by atoms with E-state index in [-0.39, 0.29) is 24.6 Å². The molecule has 0 spiro atoms. The lowest BCUT2D eigenvalue weighted by Gasteiger charge is -2.04. The Kier molecular flexibility index (Phi) is 32.5. The number of aldehydes is 1. The highest BCUT2D eigenvalue weighted by Crippen LogP contribution is 2.35. The second kappa shape index (κ2) is 33.3. The van der Waals surface area contributed by atoms with Gasteiger partial charge in [-0.25, -0.2) is 14.4 Å². The van der Waals surface area contributed by atoms with Gasteiger partial charge in [-0.2, -0.15) is 0 Å². The first kappa shape index (κ1) is 48.8. The van der Waals surface area contributed by atoms with Gasteiger partial charge in [0.1, 0.15) is 6.29 Å². The van der Waals surface area contributed by atoms with Crippen molar-refractivity contribution in [2.75, 3.05) is 32.7 Å². The normalized spacial score (nSPS) is 9.40. The zero-order valence-corrected chi connectivity index (χ0v) is 30.1. The van der Waals surface area contributed by atoms with Crippen LogP contribution in [0.5, 0.6) is 0 Å². The van der Waals surface area contributed by atoms with Crippen LogP contribution < -0.4 is 0 Å². The van der Waals surface area contributed by atoms with E-state index >= 15 is 0 Å². The summed E-state index contributed by atoms with van der Waals surface area (Å²) < 4.78 is 23.6. The maximum Gasteiger partial charge on any atom is 0.513 e. The summed E-state index contributed by atoms with van der Waals surface area (Å²) in [5.74, 6) is -1.59. The number of carbonyl (C=O) groups excluding carboxylic acids is 4. The van der Waals surface area contributed by atoms with Gasteiger partial charge < -0.3 is 29.0 Å². The lowest BCUT2D eigenvalue weighted by molar-refractivity contribution is -0.140. The first-order chi connectivity index (χ1) is 23.8. The average molecular weight is 715 g/mol. The molecular formula is C37H47O12P. The number of aliphatic carboxylic acids is 1. The number of rotatable bonds is 10. The van der Waals surface area contributed by atoms with E-state index in [1.807, 2.05) is 92.7 Å². The maximum absolute atomic E-state index is 11.0. The number of ether oxygens (including phenoxy) is 3. The highest BCUT2D eigenvalue weighted by Gasteiger charge is 2.13. The van der Waals surface area contributed by atoms with Crippen LogP contribution in [-0.2, 0) is 38.0 Å². The van der Waals surface area contributed by atoms with Crippen molar-refractivity contribution in [3.05, 3.63) is 120 Å². The third-order valence-corrected chi connectivity index (χ3v) is 5.64. The van der Waals surface area contributed by atoms with Crippen LogP contribution in [0.25, 0.3) is 12.2 Å². The van der Waals surface area contributed by atoms with Gasteiger partial charge in [-0.15, -0.1) is 0 Å². The van der Waals surface area contributed by atoms with Gasteiger partial charge in [0.25, 0.3) is 0 Å². The minimum absolute atomic E-state index is 0.0564. The van der Waals surface area contributed by atoms with Crippen molar-refractivity contribution in [1.82, 2.24) is 0 Å². The van der Waals surface area contributed by atoms with Gasteiger partial charge in [-0.1, -0.05) is 105 Å². The largest absolute Gasteiger partial charge is 0.513 e. The predicted octanol–water partition coefficient (Wildman–Crippen LogP) is 7.58. The average Bonchev–Trinajstić information content (AvgIpc) is 3.09. The van der Waals surface area contributed by atoms with E-state index in [0.717, 1.165) is 29.1 Å². The van der Waals surface area contributed by atoms with Crippen LogP contribution in [0.15, 0.2) is 103 Å². The highest BCUT2D eigenvalue weighted by atomic mass is 31.2. The minimum Gasteiger partial charge on any atom is -0.478 e. The van der Waals surface area contributed by atoms with Crippen LogP contribution in [0, 0.1) is 0 Å². The molecule has 0 bridgehead atoms. The third-order valence-electron chi connectivity index (χ3n) is 4.62. The number of hydrogen-bond acceptors (Lipinski definition) is 10. The standard InChI is InChI=1S/C11H12O2.C9H8O2.C7H6O.C6H13O3P.C2H2O4.C2H6/c1-2-13-11(12)9-8-10-6-4-3-5-7-10;10-9(11)7-6-8-4-2-1-3-5-8;8-6-7-4-2-1-3-5-7;1-4-9-6(7)5-10(2,3)8;3-1-6-2(4)5;1-2/h3-9H,2H2,1H3;1-7H,(H,10,11);1-6H;4-5H2,1-3H3;1H,(H,4,5);1-2H3/b9-8+;7-6+;;;;. The molecule has 2 N–H and O–H groups in total. The van der Waals surface area contributed by atoms with E-state index in [9.17, 15) is 23.7 Å². The molecule has 0 aliphatic rings. The molecule has 3 aromatic rings. The van der Waals surface area contributed by atoms with Crippen molar-refractivity contribution in [1.29, 1.82) is 0 Å². The second-order valence-corrected chi connectivity index (χ2v) is 12.6. The van der Waals surface area contributed by atoms with Crippen LogP contribution in [0.1, 0.15) is 49.2 Å². The monoisotopic (exact) mass is 714 g/mol. The smallest absolute Gasteiger partial charge is 0.478 e. The fourth-order valence-electron chi connectivity index (χ4n) is 2.74. The van der Waals surface area contributed by atoms with E-state index in [1.54, 1.807) is 51.5 Å². The summed E-state index contributed by atoms with van der Waals surface area (Å²) in [5.41, 5.74) is 2.62. The van der Waals surface area contributed by atoms with Crippen LogP contribution >= 0.6 is 7.14 Å². The molecule has 0 aromatic heterocycles. The van der Waals surface area contributed by atoms with Crippen molar-refractivity contribution in [2.24, 2.45) is 0 Å². The molecule has 0 fully saturated rings. The van der Waals surface area contributed by atoms with Crippen molar-refractivity contribution in [3.8, 4) is 0 Å².